The molecule has 3 nitrogen and oxygen atoms in total. The van der Waals surface area contributed by atoms with Crippen molar-refractivity contribution in [3.8, 4) is 5.75 Å². The largest absolute Gasteiger partial charge is 0.481 e. The Morgan fingerprint density at radius 3 is 2.57 bits per heavy atom. The fourth-order valence-electron chi connectivity index (χ4n) is 1.72. The second-order valence-electron chi connectivity index (χ2n) is 4.54. The molecule has 0 fully saturated rings. The van der Waals surface area contributed by atoms with E-state index in [9.17, 15) is 4.79 Å². The van der Waals surface area contributed by atoms with Crippen molar-refractivity contribution in [3.63, 3.8) is 0 Å². The van der Waals surface area contributed by atoms with Crippen molar-refractivity contribution in [2.45, 2.75) is 18.9 Å². The molecule has 2 aromatic carbocycles. The third kappa shape index (κ3) is 4.66. The minimum absolute atomic E-state index is 0.228. The van der Waals surface area contributed by atoms with Crippen LogP contribution in [0.4, 0.5) is 5.69 Å². The van der Waals surface area contributed by atoms with Crippen LogP contribution < -0.4 is 10.1 Å². The molecule has 0 bridgehead atoms. The van der Waals surface area contributed by atoms with Crippen LogP contribution >= 0.6 is 23.2 Å². The Labute approximate surface area is 133 Å². The van der Waals surface area contributed by atoms with Gasteiger partial charge in [0.25, 0.3) is 5.91 Å². The lowest BCUT2D eigenvalue weighted by atomic mass is 10.2. The van der Waals surface area contributed by atoms with Gasteiger partial charge in [0.05, 0.1) is 0 Å². The quantitative estimate of drug-likeness (QED) is 0.823. The molecule has 1 atom stereocenters. The highest BCUT2D eigenvalue weighted by molar-refractivity contribution is 6.30. The SMILES string of the molecule is CC(Oc1cccc(Cl)c1)C(=O)Nc1ccc(CCl)cc1. The van der Waals surface area contributed by atoms with E-state index in [1.165, 1.54) is 0 Å². The van der Waals surface area contributed by atoms with Crippen LogP contribution in [-0.2, 0) is 10.7 Å². The van der Waals surface area contributed by atoms with Gasteiger partial charge in [-0.15, -0.1) is 11.6 Å². The Bertz CT molecular complexity index is 614. The first-order chi connectivity index (χ1) is 10.1. The number of anilines is 1. The first kappa shape index (κ1) is 15.7. The molecule has 2 rings (SSSR count). The summed E-state index contributed by atoms with van der Waals surface area (Å²) in [5, 5.41) is 3.35. The molecule has 0 aliphatic heterocycles. The molecule has 1 N–H and O–H groups in total. The predicted octanol–water partition coefficient (Wildman–Crippen LogP) is 4.48. The standard InChI is InChI=1S/C16H15Cl2NO2/c1-11(21-15-4-2-3-13(18)9-15)16(20)19-14-7-5-12(10-17)6-8-14/h2-9,11H,10H2,1H3,(H,19,20). The van der Waals surface area contributed by atoms with Gasteiger partial charge >= 0.3 is 0 Å². The fraction of sp³-hybridized carbons (Fsp3) is 0.188. The summed E-state index contributed by atoms with van der Waals surface area (Å²) in [5.41, 5.74) is 1.70. The highest BCUT2D eigenvalue weighted by Gasteiger charge is 2.14. The number of carbonyl (C=O) groups excluding carboxylic acids is 1. The van der Waals surface area contributed by atoms with Gasteiger partial charge in [-0.3, -0.25) is 4.79 Å². The number of amides is 1. The van der Waals surface area contributed by atoms with Crippen LogP contribution in [0.1, 0.15) is 12.5 Å². The van der Waals surface area contributed by atoms with Crippen LogP contribution in [0.3, 0.4) is 0 Å². The number of halogens is 2. The first-order valence-electron chi connectivity index (χ1n) is 6.46. The number of carbonyl (C=O) groups is 1. The summed E-state index contributed by atoms with van der Waals surface area (Å²) in [4.78, 5) is 12.1. The number of benzene rings is 2. The van der Waals surface area contributed by atoms with E-state index < -0.39 is 6.10 Å². The van der Waals surface area contributed by atoms with Gasteiger partial charge in [-0.05, 0) is 42.8 Å². The van der Waals surface area contributed by atoms with Crippen molar-refractivity contribution in [1.29, 1.82) is 0 Å². The zero-order valence-electron chi connectivity index (χ0n) is 11.5. The van der Waals surface area contributed by atoms with Gasteiger partial charge in [0, 0.05) is 16.6 Å². The van der Waals surface area contributed by atoms with Crippen LogP contribution in [0, 0.1) is 0 Å². The van der Waals surface area contributed by atoms with Gasteiger partial charge in [0.2, 0.25) is 0 Å². The molecule has 0 aromatic heterocycles. The summed E-state index contributed by atoms with van der Waals surface area (Å²) < 4.78 is 5.56. The maximum Gasteiger partial charge on any atom is 0.265 e. The van der Waals surface area contributed by atoms with Crippen molar-refractivity contribution >= 4 is 34.8 Å². The van der Waals surface area contributed by atoms with E-state index in [1.807, 2.05) is 24.3 Å². The predicted molar refractivity (Wildman–Crippen MR) is 86.2 cm³/mol. The monoisotopic (exact) mass is 323 g/mol. The number of hydrogen-bond donors (Lipinski definition) is 1. The van der Waals surface area contributed by atoms with Gasteiger partial charge in [-0.25, -0.2) is 0 Å². The molecular formula is C16H15Cl2NO2. The molecule has 5 heteroatoms. The second kappa shape index (κ2) is 7.34. The van der Waals surface area contributed by atoms with E-state index in [-0.39, 0.29) is 5.91 Å². The molecule has 0 saturated carbocycles. The van der Waals surface area contributed by atoms with Crippen LogP contribution in [0.15, 0.2) is 48.5 Å². The highest BCUT2D eigenvalue weighted by atomic mass is 35.5. The Morgan fingerprint density at radius 2 is 1.95 bits per heavy atom. The number of nitrogens with one attached hydrogen (secondary N) is 1. The summed E-state index contributed by atoms with van der Waals surface area (Å²) in [5.74, 6) is 0.777. The molecule has 110 valence electrons. The molecule has 0 aliphatic rings. The van der Waals surface area contributed by atoms with Crippen LogP contribution in [-0.4, -0.2) is 12.0 Å². The summed E-state index contributed by atoms with van der Waals surface area (Å²) >= 11 is 11.6. The normalized spacial score (nSPS) is 11.8. The molecule has 2 aromatic rings. The van der Waals surface area contributed by atoms with E-state index in [1.54, 1.807) is 31.2 Å². The number of hydrogen-bond acceptors (Lipinski definition) is 2. The van der Waals surface area contributed by atoms with Crippen LogP contribution in [0.2, 0.25) is 5.02 Å². The van der Waals surface area contributed by atoms with E-state index in [2.05, 4.69) is 5.32 Å². The lowest BCUT2D eigenvalue weighted by Crippen LogP contribution is -2.30. The summed E-state index contributed by atoms with van der Waals surface area (Å²) in [6.07, 6.45) is -0.629. The fourth-order valence-corrected chi connectivity index (χ4v) is 2.08. The van der Waals surface area contributed by atoms with E-state index in [0.717, 1.165) is 5.56 Å². The summed E-state index contributed by atoms with van der Waals surface area (Å²) in [6, 6.07) is 14.3. The molecule has 1 unspecified atom stereocenters. The van der Waals surface area contributed by atoms with Gasteiger partial charge in [0.15, 0.2) is 6.10 Å². The maximum atomic E-state index is 12.1. The van der Waals surface area contributed by atoms with Crippen molar-refractivity contribution in [2.75, 3.05) is 5.32 Å². The minimum Gasteiger partial charge on any atom is -0.481 e. The maximum absolute atomic E-state index is 12.1. The molecule has 21 heavy (non-hydrogen) atoms. The smallest absolute Gasteiger partial charge is 0.265 e. The lowest BCUT2D eigenvalue weighted by Gasteiger charge is -2.15. The van der Waals surface area contributed by atoms with Gasteiger partial charge in [-0.1, -0.05) is 29.8 Å². The van der Waals surface area contributed by atoms with E-state index >= 15 is 0 Å². The molecule has 0 saturated heterocycles. The Balaban J connectivity index is 1.95. The van der Waals surface area contributed by atoms with Crippen molar-refractivity contribution < 1.29 is 9.53 Å². The van der Waals surface area contributed by atoms with Crippen molar-refractivity contribution in [3.05, 3.63) is 59.1 Å². The highest BCUT2D eigenvalue weighted by Crippen LogP contribution is 2.19. The Hall–Kier alpha value is -1.71. The lowest BCUT2D eigenvalue weighted by molar-refractivity contribution is -0.122. The average molecular weight is 324 g/mol. The second-order valence-corrected chi connectivity index (χ2v) is 5.24. The van der Waals surface area contributed by atoms with Crippen LogP contribution in [0.25, 0.3) is 0 Å². The van der Waals surface area contributed by atoms with E-state index in [4.69, 9.17) is 27.9 Å². The third-order valence-electron chi connectivity index (χ3n) is 2.85. The van der Waals surface area contributed by atoms with Crippen molar-refractivity contribution in [2.24, 2.45) is 0 Å². The summed E-state index contributed by atoms with van der Waals surface area (Å²) in [7, 11) is 0. The molecule has 0 radical (unpaired) electrons. The zero-order chi connectivity index (χ0) is 15.2. The van der Waals surface area contributed by atoms with Gasteiger partial charge in [0.1, 0.15) is 5.75 Å². The number of ether oxygens (including phenoxy) is 1. The Morgan fingerprint density at radius 1 is 1.24 bits per heavy atom. The third-order valence-corrected chi connectivity index (χ3v) is 3.40. The van der Waals surface area contributed by atoms with Gasteiger partial charge in [-0.2, -0.15) is 0 Å². The molecule has 0 spiro atoms. The van der Waals surface area contributed by atoms with E-state index in [0.29, 0.717) is 22.3 Å². The minimum atomic E-state index is -0.629. The first-order valence-corrected chi connectivity index (χ1v) is 7.37. The van der Waals surface area contributed by atoms with Gasteiger partial charge < -0.3 is 10.1 Å². The molecule has 1 amide bonds. The van der Waals surface area contributed by atoms with Crippen molar-refractivity contribution in [1.82, 2.24) is 0 Å². The van der Waals surface area contributed by atoms with Crippen LogP contribution in [0.5, 0.6) is 5.75 Å². The molecular weight excluding hydrogens is 309 g/mol. The Kier molecular flexibility index (Phi) is 5.48. The average Bonchev–Trinajstić information content (AvgIpc) is 2.48. The summed E-state index contributed by atoms with van der Waals surface area (Å²) in [6.45, 7) is 1.68. The zero-order valence-corrected chi connectivity index (χ0v) is 13.0. The topological polar surface area (TPSA) is 38.3 Å². The molecule has 0 aliphatic carbocycles. The molecule has 0 heterocycles. The number of alkyl halides is 1. The number of rotatable bonds is 5.